The summed E-state index contributed by atoms with van der Waals surface area (Å²) in [7, 11) is 3.72. The molecule has 0 radical (unpaired) electrons. The predicted octanol–water partition coefficient (Wildman–Crippen LogP) is 6.46. The highest BCUT2D eigenvalue weighted by molar-refractivity contribution is 5.87. The van der Waals surface area contributed by atoms with Crippen molar-refractivity contribution in [3.63, 3.8) is 0 Å². The first-order valence-corrected chi connectivity index (χ1v) is 12.5. The van der Waals surface area contributed by atoms with Gasteiger partial charge in [0.1, 0.15) is 12.8 Å². The molecule has 3 rings (SSSR count). The molecule has 0 spiro atoms. The molecular formula is C28H40N2O3. The van der Waals surface area contributed by atoms with Gasteiger partial charge in [-0.15, -0.1) is 0 Å². The second kappa shape index (κ2) is 13.1. The number of para-hydroxylation sites is 4. The van der Waals surface area contributed by atoms with Crippen LogP contribution in [0.15, 0.2) is 48.5 Å². The van der Waals surface area contributed by atoms with Gasteiger partial charge in [0.25, 0.3) is 0 Å². The van der Waals surface area contributed by atoms with E-state index in [-0.39, 0.29) is 6.17 Å². The molecule has 5 nitrogen and oxygen atoms in total. The number of anilines is 2. The van der Waals surface area contributed by atoms with Crippen LogP contribution in [-0.4, -0.2) is 39.3 Å². The van der Waals surface area contributed by atoms with Gasteiger partial charge in [-0.05, 0) is 30.7 Å². The molecule has 1 heterocycles. The molecule has 0 N–H and O–H groups in total. The zero-order valence-corrected chi connectivity index (χ0v) is 20.6. The highest BCUT2D eigenvalue weighted by Crippen LogP contribution is 2.39. The molecule has 0 bridgehead atoms. The van der Waals surface area contributed by atoms with Crippen LogP contribution >= 0.6 is 0 Å². The standard InChI is InChI=1S/C28H40N2O3/c1-4-5-6-7-8-9-10-11-16-23(31)21-30-25-18-13-12-17-24(25)29(2)28(30)22-33-27-20-15-14-19-26(27)32-3/h12-15,17-20,28H,4-11,16,21-22H2,1-3H3. The third-order valence-corrected chi connectivity index (χ3v) is 6.49. The maximum absolute atomic E-state index is 12.9. The summed E-state index contributed by atoms with van der Waals surface area (Å²) in [4.78, 5) is 17.3. The van der Waals surface area contributed by atoms with Crippen LogP contribution in [-0.2, 0) is 4.79 Å². The Hall–Kier alpha value is -2.69. The lowest BCUT2D eigenvalue weighted by Gasteiger charge is -2.30. The molecule has 0 saturated heterocycles. The number of fused-ring (bicyclic) bond motifs is 1. The van der Waals surface area contributed by atoms with E-state index in [1.54, 1.807) is 7.11 Å². The van der Waals surface area contributed by atoms with E-state index in [9.17, 15) is 4.79 Å². The van der Waals surface area contributed by atoms with Crippen LogP contribution in [0, 0.1) is 0 Å². The second-order valence-electron chi connectivity index (χ2n) is 8.93. The molecule has 33 heavy (non-hydrogen) atoms. The Morgan fingerprint density at radius 1 is 0.848 bits per heavy atom. The lowest BCUT2D eigenvalue weighted by molar-refractivity contribution is -0.118. The summed E-state index contributed by atoms with van der Waals surface area (Å²) in [5.74, 6) is 1.73. The number of Topliss-reactive ketones (excluding diaryl/α,β-unsaturated/α-hetero) is 1. The third kappa shape index (κ3) is 6.89. The highest BCUT2D eigenvalue weighted by Gasteiger charge is 2.35. The van der Waals surface area contributed by atoms with Gasteiger partial charge in [-0.2, -0.15) is 0 Å². The van der Waals surface area contributed by atoms with Crippen molar-refractivity contribution in [2.45, 2.75) is 70.9 Å². The second-order valence-corrected chi connectivity index (χ2v) is 8.93. The van der Waals surface area contributed by atoms with Crippen molar-refractivity contribution < 1.29 is 14.3 Å². The van der Waals surface area contributed by atoms with Gasteiger partial charge < -0.3 is 19.3 Å². The molecule has 1 unspecified atom stereocenters. The maximum atomic E-state index is 12.9. The fraction of sp³-hybridized carbons (Fsp3) is 0.536. The van der Waals surface area contributed by atoms with Crippen LogP contribution < -0.4 is 19.3 Å². The topological polar surface area (TPSA) is 42.0 Å². The lowest BCUT2D eigenvalue weighted by atomic mass is 10.1. The van der Waals surface area contributed by atoms with E-state index in [4.69, 9.17) is 9.47 Å². The number of carbonyl (C=O) groups excluding carboxylic acids is 1. The molecule has 180 valence electrons. The minimum Gasteiger partial charge on any atom is -0.493 e. The molecule has 1 aliphatic rings. The number of unbranched alkanes of at least 4 members (excludes halogenated alkanes) is 7. The van der Waals surface area contributed by atoms with E-state index in [2.05, 4.69) is 35.9 Å². The van der Waals surface area contributed by atoms with Crippen LogP contribution in [0.4, 0.5) is 11.4 Å². The molecule has 1 aliphatic heterocycles. The predicted molar refractivity (Wildman–Crippen MR) is 137 cm³/mol. The summed E-state index contributed by atoms with van der Waals surface area (Å²) in [6, 6.07) is 16.0. The van der Waals surface area contributed by atoms with Crippen LogP contribution in [0.2, 0.25) is 0 Å². The average Bonchev–Trinajstić information content (AvgIpc) is 3.10. The number of nitrogens with zero attached hydrogens (tertiary/aromatic N) is 2. The summed E-state index contributed by atoms with van der Waals surface area (Å²) < 4.78 is 11.6. The number of likely N-dealkylation sites (N-methyl/N-ethyl adjacent to an activating group) is 1. The van der Waals surface area contributed by atoms with E-state index < -0.39 is 0 Å². The summed E-state index contributed by atoms with van der Waals surface area (Å²) in [5, 5.41) is 0. The zero-order valence-electron chi connectivity index (χ0n) is 20.6. The quantitative estimate of drug-likeness (QED) is 0.290. The Labute approximate surface area is 199 Å². The van der Waals surface area contributed by atoms with Gasteiger partial charge in [-0.3, -0.25) is 4.79 Å². The number of ketones is 1. The number of benzene rings is 2. The minimum absolute atomic E-state index is 0.0465. The minimum atomic E-state index is -0.0465. The van der Waals surface area contributed by atoms with E-state index in [1.165, 1.54) is 38.5 Å². The van der Waals surface area contributed by atoms with E-state index >= 15 is 0 Å². The SMILES string of the molecule is CCCCCCCCCCC(=O)CN1c2ccccc2N(C)C1COc1ccccc1OC. The number of hydrogen-bond donors (Lipinski definition) is 0. The average molecular weight is 453 g/mol. The number of hydrogen-bond acceptors (Lipinski definition) is 5. The van der Waals surface area contributed by atoms with Crippen LogP contribution in [0.1, 0.15) is 64.7 Å². The van der Waals surface area contributed by atoms with Crippen molar-refractivity contribution in [2.24, 2.45) is 0 Å². The number of methoxy groups -OCH3 is 1. The Bertz CT molecular complexity index is 870. The largest absolute Gasteiger partial charge is 0.493 e. The molecule has 1 atom stereocenters. The Morgan fingerprint density at radius 3 is 2.15 bits per heavy atom. The first-order chi connectivity index (χ1) is 16.2. The van der Waals surface area contributed by atoms with Crippen molar-refractivity contribution in [2.75, 3.05) is 37.1 Å². The molecular weight excluding hydrogens is 412 g/mol. The zero-order chi connectivity index (χ0) is 23.5. The molecule has 0 fully saturated rings. The smallest absolute Gasteiger partial charge is 0.161 e. The molecule has 0 aromatic heterocycles. The summed E-state index contributed by atoms with van der Waals surface area (Å²) in [6.07, 6.45) is 10.6. The van der Waals surface area contributed by atoms with Crippen LogP contribution in [0.25, 0.3) is 0 Å². The molecule has 2 aromatic carbocycles. The van der Waals surface area contributed by atoms with Crippen molar-refractivity contribution in [3.05, 3.63) is 48.5 Å². The Balaban J connectivity index is 1.55. The van der Waals surface area contributed by atoms with Gasteiger partial charge in [0.05, 0.1) is 25.0 Å². The van der Waals surface area contributed by atoms with E-state index in [0.717, 1.165) is 30.0 Å². The van der Waals surface area contributed by atoms with Crippen molar-refractivity contribution in [3.8, 4) is 11.5 Å². The molecule has 0 amide bonds. The highest BCUT2D eigenvalue weighted by atomic mass is 16.5. The number of carbonyl (C=O) groups is 1. The van der Waals surface area contributed by atoms with Gasteiger partial charge in [0.15, 0.2) is 17.3 Å². The number of rotatable bonds is 15. The summed E-state index contributed by atoms with van der Waals surface area (Å²) >= 11 is 0. The Morgan fingerprint density at radius 2 is 1.45 bits per heavy atom. The van der Waals surface area contributed by atoms with Gasteiger partial charge in [0.2, 0.25) is 0 Å². The van der Waals surface area contributed by atoms with Crippen molar-refractivity contribution in [1.29, 1.82) is 0 Å². The van der Waals surface area contributed by atoms with E-state index in [1.807, 2.05) is 36.4 Å². The Kier molecular flexibility index (Phi) is 9.92. The van der Waals surface area contributed by atoms with Crippen molar-refractivity contribution >= 4 is 17.2 Å². The van der Waals surface area contributed by atoms with Crippen LogP contribution in [0.3, 0.4) is 0 Å². The van der Waals surface area contributed by atoms with Gasteiger partial charge in [0, 0.05) is 13.5 Å². The third-order valence-electron chi connectivity index (χ3n) is 6.49. The van der Waals surface area contributed by atoms with Gasteiger partial charge >= 0.3 is 0 Å². The monoisotopic (exact) mass is 452 g/mol. The van der Waals surface area contributed by atoms with Gasteiger partial charge in [-0.1, -0.05) is 76.1 Å². The van der Waals surface area contributed by atoms with Crippen LogP contribution in [0.5, 0.6) is 11.5 Å². The van der Waals surface area contributed by atoms with Crippen molar-refractivity contribution in [1.82, 2.24) is 0 Å². The maximum Gasteiger partial charge on any atom is 0.161 e. The first-order valence-electron chi connectivity index (χ1n) is 12.5. The lowest BCUT2D eigenvalue weighted by Crippen LogP contribution is -2.47. The first kappa shape index (κ1) is 24.9. The molecule has 5 heteroatoms. The summed E-state index contributed by atoms with van der Waals surface area (Å²) in [6.45, 7) is 3.10. The fourth-order valence-electron chi connectivity index (χ4n) is 4.56. The van der Waals surface area contributed by atoms with E-state index in [0.29, 0.717) is 31.1 Å². The number of ether oxygens (including phenoxy) is 2. The van der Waals surface area contributed by atoms with Gasteiger partial charge in [-0.25, -0.2) is 0 Å². The summed E-state index contributed by atoms with van der Waals surface area (Å²) in [5.41, 5.74) is 2.23. The molecule has 0 aliphatic carbocycles. The fourth-order valence-corrected chi connectivity index (χ4v) is 4.56. The normalized spacial score (nSPS) is 14.9. The molecule has 0 saturated carbocycles. The molecule has 2 aromatic rings.